The van der Waals surface area contributed by atoms with E-state index in [1.54, 1.807) is 0 Å². The number of hydrogen-bond acceptors (Lipinski definition) is 5. The number of aryl methyl sites for hydroxylation is 1. The molecule has 3 aromatic rings. The summed E-state index contributed by atoms with van der Waals surface area (Å²) in [7, 11) is 0. The molecule has 1 aromatic heterocycles. The van der Waals surface area contributed by atoms with E-state index in [-0.39, 0.29) is 12.4 Å². The van der Waals surface area contributed by atoms with Crippen molar-refractivity contribution in [2.75, 3.05) is 10.6 Å². The van der Waals surface area contributed by atoms with E-state index >= 15 is 0 Å². The van der Waals surface area contributed by atoms with Crippen molar-refractivity contribution in [1.82, 2.24) is 10.2 Å². The lowest BCUT2D eigenvalue weighted by Gasteiger charge is -2.07. The number of amides is 2. The Hall–Kier alpha value is -3.00. The van der Waals surface area contributed by atoms with Gasteiger partial charge in [-0.2, -0.15) is 0 Å². The number of carbonyl (C=O) groups is 1. The molecule has 0 unspecified atom stereocenters. The lowest BCUT2D eigenvalue weighted by molar-refractivity contribution is 0.262. The Labute approximate surface area is 147 Å². The smallest absolute Gasteiger partial charge is 0.325 e. The van der Waals surface area contributed by atoms with Gasteiger partial charge in [0.05, 0.1) is 0 Å². The maximum Gasteiger partial charge on any atom is 0.325 e. The fourth-order valence-electron chi connectivity index (χ4n) is 2.00. The van der Waals surface area contributed by atoms with Gasteiger partial charge in [-0.1, -0.05) is 29.5 Å². The number of hydrogen-bond donors (Lipinski definition) is 2. The van der Waals surface area contributed by atoms with E-state index in [4.69, 9.17) is 4.74 Å². The summed E-state index contributed by atoms with van der Waals surface area (Å²) in [5.74, 6) is 0.206. The number of halogens is 1. The summed E-state index contributed by atoms with van der Waals surface area (Å²) < 4.78 is 18.3. The third kappa shape index (κ3) is 4.74. The SMILES string of the molecule is Cc1ccccc1NC(=O)Nc1nnc(COc2ccc(F)cc2)s1. The molecule has 0 aliphatic carbocycles. The zero-order valence-corrected chi connectivity index (χ0v) is 14.1. The molecule has 25 heavy (non-hydrogen) atoms. The van der Waals surface area contributed by atoms with Crippen LogP contribution in [0.4, 0.5) is 20.0 Å². The molecular formula is C17H15FN4O2S. The van der Waals surface area contributed by atoms with Crippen LogP contribution in [-0.4, -0.2) is 16.2 Å². The molecule has 2 N–H and O–H groups in total. The van der Waals surface area contributed by atoms with Crippen molar-refractivity contribution in [3.05, 3.63) is 64.9 Å². The first kappa shape index (κ1) is 16.8. The Bertz CT molecular complexity index is 867. The van der Waals surface area contributed by atoms with Crippen LogP contribution in [0.5, 0.6) is 5.75 Å². The molecule has 0 radical (unpaired) electrons. The lowest BCUT2D eigenvalue weighted by Crippen LogP contribution is -2.19. The molecule has 2 aromatic carbocycles. The van der Waals surface area contributed by atoms with Gasteiger partial charge >= 0.3 is 6.03 Å². The van der Waals surface area contributed by atoms with Gasteiger partial charge in [-0.15, -0.1) is 10.2 Å². The average molecular weight is 358 g/mol. The van der Waals surface area contributed by atoms with Gasteiger partial charge in [-0.25, -0.2) is 9.18 Å². The summed E-state index contributed by atoms with van der Waals surface area (Å²) in [6.45, 7) is 2.09. The summed E-state index contributed by atoms with van der Waals surface area (Å²) in [5.41, 5.74) is 1.69. The first-order valence-electron chi connectivity index (χ1n) is 7.44. The fraction of sp³-hybridized carbons (Fsp3) is 0.118. The molecule has 2 amide bonds. The van der Waals surface area contributed by atoms with Crippen molar-refractivity contribution < 1.29 is 13.9 Å². The average Bonchev–Trinajstić information content (AvgIpc) is 3.04. The van der Waals surface area contributed by atoms with E-state index in [2.05, 4.69) is 20.8 Å². The van der Waals surface area contributed by atoms with E-state index in [0.29, 0.717) is 15.9 Å². The van der Waals surface area contributed by atoms with E-state index in [1.165, 1.54) is 35.6 Å². The highest BCUT2D eigenvalue weighted by Gasteiger charge is 2.09. The van der Waals surface area contributed by atoms with Crippen molar-refractivity contribution in [2.24, 2.45) is 0 Å². The predicted octanol–water partition coefficient (Wildman–Crippen LogP) is 4.21. The minimum absolute atomic E-state index is 0.185. The van der Waals surface area contributed by atoms with Crippen molar-refractivity contribution in [1.29, 1.82) is 0 Å². The summed E-state index contributed by atoms with van der Waals surface area (Å²) in [4.78, 5) is 12.0. The molecule has 0 bridgehead atoms. The number of nitrogens with one attached hydrogen (secondary N) is 2. The molecular weight excluding hydrogens is 343 g/mol. The molecule has 0 saturated heterocycles. The molecule has 0 atom stereocenters. The Kier molecular flexibility index (Phi) is 5.20. The van der Waals surface area contributed by atoms with Crippen molar-refractivity contribution in [3.8, 4) is 5.75 Å². The number of anilines is 2. The van der Waals surface area contributed by atoms with Crippen molar-refractivity contribution in [2.45, 2.75) is 13.5 Å². The van der Waals surface area contributed by atoms with Gasteiger partial charge in [0.25, 0.3) is 0 Å². The van der Waals surface area contributed by atoms with Crippen LogP contribution < -0.4 is 15.4 Å². The Morgan fingerprint density at radius 3 is 2.64 bits per heavy atom. The van der Waals surface area contributed by atoms with Gasteiger partial charge in [0.1, 0.15) is 18.2 Å². The molecule has 0 aliphatic rings. The highest BCUT2D eigenvalue weighted by Crippen LogP contribution is 2.19. The molecule has 0 saturated carbocycles. The normalized spacial score (nSPS) is 10.3. The van der Waals surface area contributed by atoms with Crippen LogP contribution in [0.2, 0.25) is 0 Å². The van der Waals surface area contributed by atoms with Crippen LogP contribution in [-0.2, 0) is 6.61 Å². The van der Waals surface area contributed by atoms with Crippen LogP contribution >= 0.6 is 11.3 Å². The Morgan fingerprint density at radius 2 is 1.88 bits per heavy atom. The highest BCUT2D eigenvalue weighted by molar-refractivity contribution is 7.15. The molecule has 0 fully saturated rings. The second kappa shape index (κ2) is 7.71. The van der Waals surface area contributed by atoms with Gasteiger partial charge in [0, 0.05) is 5.69 Å². The van der Waals surface area contributed by atoms with Crippen LogP contribution in [0.25, 0.3) is 0 Å². The Balaban J connectivity index is 1.53. The van der Waals surface area contributed by atoms with Crippen LogP contribution in [0.1, 0.15) is 10.6 Å². The minimum Gasteiger partial charge on any atom is -0.486 e. The highest BCUT2D eigenvalue weighted by atomic mass is 32.1. The second-order valence-corrected chi connectivity index (χ2v) is 6.20. The number of urea groups is 1. The maximum atomic E-state index is 12.8. The first-order valence-corrected chi connectivity index (χ1v) is 8.26. The number of ether oxygens (including phenoxy) is 1. The monoisotopic (exact) mass is 358 g/mol. The summed E-state index contributed by atoms with van der Waals surface area (Å²) in [5, 5.41) is 14.2. The second-order valence-electron chi connectivity index (χ2n) is 5.14. The molecule has 1 heterocycles. The fourth-order valence-corrected chi connectivity index (χ4v) is 2.65. The van der Waals surface area contributed by atoms with Gasteiger partial charge in [-0.3, -0.25) is 5.32 Å². The zero-order valence-electron chi connectivity index (χ0n) is 13.3. The number of benzene rings is 2. The molecule has 0 spiro atoms. The van der Waals surface area contributed by atoms with E-state index in [9.17, 15) is 9.18 Å². The summed E-state index contributed by atoms with van der Waals surface area (Å²) >= 11 is 1.21. The van der Waals surface area contributed by atoms with Gasteiger partial charge in [0.2, 0.25) is 5.13 Å². The maximum absolute atomic E-state index is 12.8. The standard InChI is InChI=1S/C17H15FN4O2S/c1-11-4-2-3-5-14(11)19-16(23)20-17-22-21-15(25-17)10-24-13-8-6-12(18)7-9-13/h2-9H,10H2,1H3,(H2,19,20,22,23). The topological polar surface area (TPSA) is 76.1 Å². The summed E-state index contributed by atoms with van der Waals surface area (Å²) in [6.07, 6.45) is 0. The number of aromatic nitrogens is 2. The minimum atomic E-state index is -0.392. The van der Waals surface area contributed by atoms with Crippen LogP contribution in [0.15, 0.2) is 48.5 Å². The van der Waals surface area contributed by atoms with Crippen LogP contribution in [0, 0.1) is 12.7 Å². The van der Waals surface area contributed by atoms with Gasteiger partial charge in [0.15, 0.2) is 5.01 Å². The van der Waals surface area contributed by atoms with Crippen molar-refractivity contribution in [3.63, 3.8) is 0 Å². The van der Waals surface area contributed by atoms with Crippen LogP contribution in [0.3, 0.4) is 0 Å². The number of carbonyl (C=O) groups excluding carboxylic acids is 1. The molecule has 3 rings (SSSR count). The molecule has 6 nitrogen and oxygen atoms in total. The molecule has 128 valence electrons. The number of nitrogens with zero attached hydrogens (tertiary/aromatic N) is 2. The zero-order chi connectivity index (χ0) is 17.6. The quantitative estimate of drug-likeness (QED) is 0.716. The van der Waals surface area contributed by atoms with E-state index < -0.39 is 6.03 Å². The molecule has 8 heteroatoms. The third-order valence-corrected chi connectivity index (χ3v) is 4.07. The lowest BCUT2D eigenvalue weighted by atomic mass is 10.2. The van der Waals surface area contributed by atoms with Gasteiger partial charge in [-0.05, 0) is 42.8 Å². The van der Waals surface area contributed by atoms with Crippen molar-refractivity contribution >= 4 is 28.2 Å². The van der Waals surface area contributed by atoms with Gasteiger partial charge < -0.3 is 10.1 Å². The summed E-state index contributed by atoms with van der Waals surface area (Å²) in [6, 6.07) is 12.8. The Morgan fingerprint density at radius 1 is 1.12 bits per heavy atom. The largest absolute Gasteiger partial charge is 0.486 e. The third-order valence-electron chi connectivity index (χ3n) is 3.26. The predicted molar refractivity (Wildman–Crippen MR) is 94.5 cm³/mol. The van der Waals surface area contributed by atoms with E-state index in [0.717, 1.165) is 11.3 Å². The number of rotatable bonds is 5. The molecule has 0 aliphatic heterocycles. The number of para-hydroxylation sites is 1. The van der Waals surface area contributed by atoms with E-state index in [1.807, 2.05) is 31.2 Å². The first-order chi connectivity index (χ1) is 12.1.